The van der Waals surface area contributed by atoms with Crippen LogP contribution in [0.3, 0.4) is 0 Å². The van der Waals surface area contributed by atoms with Gasteiger partial charge in [0.1, 0.15) is 5.75 Å². The second-order valence-electron chi connectivity index (χ2n) is 5.68. The molecule has 0 radical (unpaired) electrons. The molecule has 1 aliphatic rings. The molecule has 0 aromatic heterocycles. The predicted molar refractivity (Wildman–Crippen MR) is 82.4 cm³/mol. The van der Waals surface area contributed by atoms with Crippen LogP contribution in [0.15, 0.2) is 18.2 Å². The van der Waals surface area contributed by atoms with Gasteiger partial charge in [-0.3, -0.25) is 0 Å². The van der Waals surface area contributed by atoms with Crippen LogP contribution in [0.1, 0.15) is 49.8 Å². The minimum absolute atomic E-state index is 0.309. The molecule has 1 fully saturated rings. The van der Waals surface area contributed by atoms with Crippen molar-refractivity contribution in [3.63, 3.8) is 0 Å². The summed E-state index contributed by atoms with van der Waals surface area (Å²) in [5.74, 6) is 1.01. The molecule has 20 heavy (non-hydrogen) atoms. The highest BCUT2D eigenvalue weighted by Gasteiger charge is 2.15. The molecule has 0 saturated carbocycles. The highest BCUT2D eigenvalue weighted by atomic mass is 16.5. The van der Waals surface area contributed by atoms with E-state index < -0.39 is 0 Å². The Morgan fingerprint density at radius 3 is 3.00 bits per heavy atom. The first-order valence-corrected chi connectivity index (χ1v) is 7.73. The molecule has 1 aromatic rings. The van der Waals surface area contributed by atoms with Crippen LogP contribution < -0.4 is 10.1 Å². The lowest BCUT2D eigenvalue weighted by Crippen LogP contribution is -2.14. The first-order chi connectivity index (χ1) is 9.70. The minimum Gasteiger partial charge on any atom is -0.493 e. The van der Waals surface area contributed by atoms with Crippen molar-refractivity contribution in [1.29, 1.82) is 0 Å². The fraction of sp³-hybridized carbons (Fsp3) is 0.647. The maximum Gasteiger partial charge on any atom is 0.124 e. The Morgan fingerprint density at radius 1 is 1.45 bits per heavy atom. The zero-order chi connectivity index (χ0) is 14.4. The fourth-order valence-electron chi connectivity index (χ4n) is 2.64. The van der Waals surface area contributed by atoms with Gasteiger partial charge in [-0.05, 0) is 58.2 Å². The normalized spacial score (nSPS) is 20.1. The van der Waals surface area contributed by atoms with E-state index in [1.54, 1.807) is 0 Å². The van der Waals surface area contributed by atoms with E-state index in [9.17, 15) is 0 Å². The molecule has 0 bridgehead atoms. The Hall–Kier alpha value is -1.06. The Balaban J connectivity index is 1.85. The molecule has 3 nitrogen and oxygen atoms in total. The molecule has 0 aliphatic carbocycles. The van der Waals surface area contributed by atoms with Gasteiger partial charge in [0, 0.05) is 18.2 Å². The second-order valence-corrected chi connectivity index (χ2v) is 5.68. The van der Waals surface area contributed by atoms with E-state index in [2.05, 4.69) is 37.4 Å². The van der Waals surface area contributed by atoms with Crippen LogP contribution in [-0.2, 0) is 4.74 Å². The second kappa shape index (κ2) is 7.65. The van der Waals surface area contributed by atoms with E-state index in [0.717, 1.165) is 31.8 Å². The van der Waals surface area contributed by atoms with Gasteiger partial charge in [0.25, 0.3) is 0 Å². The van der Waals surface area contributed by atoms with Gasteiger partial charge in [0.15, 0.2) is 0 Å². The van der Waals surface area contributed by atoms with Gasteiger partial charge in [-0.15, -0.1) is 0 Å². The van der Waals surface area contributed by atoms with Crippen LogP contribution in [0.2, 0.25) is 0 Å². The van der Waals surface area contributed by atoms with Gasteiger partial charge in [-0.25, -0.2) is 0 Å². The zero-order valence-electron chi connectivity index (χ0n) is 12.9. The summed E-state index contributed by atoms with van der Waals surface area (Å²) in [5.41, 5.74) is 2.47. The van der Waals surface area contributed by atoms with Gasteiger partial charge in [0.2, 0.25) is 0 Å². The number of nitrogens with one attached hydrogen (secondary N) is 1. The molecular weight excluding hydrogens is 250 g/mol. The molecule has 112 valence electrons. The Kier molecular flexibility index (Phi) is 5.86. The van der Waals surface area contributed by atoms with Crippen molar-refractivity contribution in [1.82, 2.24) is 5.32 Å². The van der Waals surface area contributed by atoms with Crippen LogP contribution in [0, 0.1) is 6.92 Å². The van der Waals surface area contributed by atoms with Crippen LogP contribution in [-0.4, -0.2) is 26.4 Å². The molecule has 1 aromatic carbocycles. The van der Waals surface area contributed by atoms with Crippen molar-refractivity contribution in [2.45, 2.75) is 51.7 Å². The number of hydrogen-bond donors (Lipinski definition) is 1. The van der Waals surface area contributed by atoms with E-state index in [4.69, 9.17) is 9.47 Å². The number of hydrogen-bond acceptors (Lipinski definition) is 3. The summed E-state index contributed by atoms with van der Waals surface area (Å²) in [4.78, 5) is 0. The number of benzene rings is 1. The summed E-state index contributed by atoms with van der Waals surface area (Å²) < 4.78 is 11.6. The highest BCUT2D eigenvalue weighted by Crippen LogP contribution is 2.26. The molecule has 2 atom stereocenters. The van der Waals surface area contributed by atoms with E-state index in [-0.39, 0.29) is 0 Å². The Labute approximate surface area is 122 Å². The molecule has 2 rings (SSSR count). The van der Waals surface area contributed by atoms with Crippen LogP contribution >= 0.6 is 0 Å². The van der Waals surface area contributed by atoms with Crippen LogP contribution in [0.5, 0.6) is 5.75 Å². The largest absolute Gasteiger partial charge is 0.493 e. The lowest BCUT2D eigenvalue weighted by atomic mass is 10.1. The van der Waals surface area contributed by atoms with Crippen LogP contribution in [0.25, 0.3) is 0 Å². The zero-order valence-corrected chi connectivity index (χ0v) is 12.9. The average molecular weight is 277 g/mol. The third kappa shape index (κ3) is 4.22. The van der Waals surface area contributed by atoms with Crippen molar-refractivity contribution < 1.29 is 9.47 Å². The molecule has 1 N–H and O–H groups in total. The molecule has 0 spiro atoms. The van der Waals surface area contributed by atoms with Crippen molar-refractivity contribution in [2.24, 2.45) is 0 Å². The topological polar surface area (TPSA) is 30.5 Å². The molecule has 1 heterocycles. The smallest absolute Gasteiger partial charge is 0.124 e. The Morgan fingerprint density at radius 2 is 2.30 bits per heavy atom. The molecule has 0 amide bonds. The monoisotopic (exact) mass is 277 g/mol. The van der Waals surface area contributed by atoms with Crippen molar-refractivity contribution in [3.8, 4) is 5.75 Å². The number of aryl methyl sites for hydroxylation is 1. The van der Waals surface area contributed by atoms with Crippen molar-refractivity contribution in [2.75, 3.05) is 20.3 Å². The van der Waals surface area contributed by atoms with Gasteiger partial charge in [-0.1, -0.05) is 12.1 Å². The third-order valence-electron chi connectivity index (χ3n) is 4.02. The first-order valence-electron chi connectivity index (χ1n) is 7.73. The molecule has 1 saturated heterocycles. The van der Waals surface area contributed by atoms with Crippen molar-refractivity contribution >= 4 is 0 Å². The van der Waals surface area contributed by atoms with E-state index in [1.165, 1.54) is 24.0 Å². The first kappa shape index (κ1) is 15.3. The predicted octanol–water partition coefficient (Wildman–Crippen LogP) is 3.61. The summed E-state index contributed by atoms with van der Waals surface area (Å²) in [6, 6.07) is 6.74. The maximum absolute atomic E-state index is 6.01. The van der Waals surface area contributed by atoms with E-state index in [1.807, 2.05) is 7.05 Å². The van der Waals surface area contributed by atoms with Gasteiger partial charge < -0.3 is 14.8 Å². The standard InChI is InChI=1S/C17H27NO2/c1-13-8-9-16(14(2)18-3)17(12-13)20-11-5-7-15-6-4-10-19-15/h8-9,12,14-15,18H,4-7,10-11H2,1-3H3. The summed E-state index contributed by atoms with van der Waals surface area (Å²) in [6.45, 7) is 5.97. The van der Waals surface area contributed by atoms with Gasteiger partial charge in [-0.2, -0.15) is 0 Å². The molecule has 2 unspecified atom stereocenters. The lowest BCUT2D eigenvalue weighted by Gasteiger charge is -2.17. The van der Waals surface area contributed by atoms with Crippen molar-refractivity contribution in [3.05, 3.63) is 29.3 Å². The lowest BCUT2D eigenvalue weighted by molar-refractivity contribution is 0.0980. The summed E-state index contributed by atoms with van der Waals surface area (Å²) in [5, 5.41) is 3.28. The number of rotatable bonds is 7. The minimum atomic E-state index is 0.309. The molecular formula is C17H27NO2. The van der Waals surface area contributed by atoms with Crippen LogP contribution in [0.4, 0.5) is 0 Å². The highest BCUT2D eigenvalue weighted by molar-refractivity contribution is 5.39. The summed E-state index contributed by atoms with van der Waals surface area (Å²) in [7, 11) is 1.98. The third-order valence-corrected chi connectivity index (χ3v) is 4.02. The Bertz CT molecular complexity index is 413. The SMILES string of the molecule is CNC(C)c1ccc(C)cc1OCCCC1CCCO1. The quantitative estimate of drug-likeness (QED) is 0.772. The maximum atomic E-state index is 6.01. The van der Waals surface area contributed by atoms with Gasteiger partial charge in [0.05, 0.1) is 12.7 Å². The number of ether oxygens (including phenoxy) is 2. The average Bonchev–Trinajstić information content (AvgIpc) is 2.96. The summed E-state index contributed by atoms with van der Waals surface area (Å²) >= 11 is 0. The van der Waals surface area contributed by atoms with E-state index >= 15 is 0 Å². The fourth-order valence-corrected chi connectivity index (χ4v) is 2.64. The molecule has 1 aliphatic heterocycles. The summed E-state index contributed by atoms with van der Waals surface area (Å²) in [6.07, 6.45) is 5.07. The van der Waals surface area contributed by atoms with E-state index in [0.29, 0.717) is 12.1 Å². The van der Waals surface area contributed by atoms with Gasteiger partial charge >= 0.3 is 0 Å². The molecule has 3 heteroatoms.